The Hall–Kier alpha value is -2.67. The number of aliphatic carboxylic acids is 1. The van der Waals surface area contributed by atoms with Crippen LogP contribution in [0.3, 0.4) is 0 Å². The number of carbonyl (C=O) groups excluding carboxylic acids is 1. The standard InChI is InChI=1S/C17H19N3O4/c1-12-6-9-20(19-12)14-4-2-13(3-5-14)15(21)18-17(16(22)23)7-10-24-11-8-17/h2-6,9H,7-8,10-11H2,1H3,(H,18,21)(H,22,23). The molecule has 7 nitrogen and oxygen atoms in total. The first-order valence-electron chi connectivity index (χ1n) is 7.77. The summed E-state index contributed by atoms with van der Waals surface area (Å²) in [5.41, 5.74) is 0.890. The van der Waals surface area contributed by atoms with E-state index in [1.165, 1.54) is 0 Å². The Morgan fingerprint density at radius 2 is 1.88 bits per heavy atom. The molecular weight excluding hydrogens is 310 g/mol. The van der Waals surface area contributed by atoms with Crippen LogP contribution in [0.4, 0.5) is 0 Å². The van der Waals surface area contributed by atoms with Crippen molar-refractivity contribution >= 4 is 11.9 Å². The zero-order chi connectivity index (χ0) is 17.2. The van der Waals surface area contributed by atoms with Crippen LogP contribution < -0.4 is 5.32 Å². The fraction of sp³-hybridized carbons (Fsp3) is 0.353. The largest absolute Gasteiger partial charge is 0.480 e. The molecule has 1 amide bonds. The van der Waals surface area contributed by atoms with Crippen LogP contribution in [-0.2, 0) is 9.53 Å². The van der Waals surface area contributed by atoms with Gasteiger partial charge in [0.2, 0.25) is 0 Å². The average Bonchev–Trinajstić information content (AvgIpc) is 3.02. The van der Waals surface area contributed by atoms with Gasteiger partial charge >= 0.3 is 5.97 Å². The number of carboxylic acid groups (broad SMARTS) is 1. The molecule has 2 aromatic rings. The van der Waals surface area contributed by atoms with Gasteiger partial charge in [0.25, 0.3) is 5.91 Å². The Bertz CT molecular complexity index is 745. The molecule has 24 heavy (non-hydrogen) atoms. The minimum absolute atomic E-state index is 0.263. The first kappa shape index (κ1) is 16.2. The van der Waals surface area contributed by atoms with Gasteiger partial charge in [-0.05, 0) is 37.3 Å². The lowest BCUT2D eigenvalue weighted by Crippen LogP contribution is -2.57. The monoisotopic (exact) mass is 329 g/mol. The van der Waals surface area contributed by atoms with Crippen LogP contribution in [0.1, 0.15) is 28.9 Å². The predicted molar refractivity (Wildman–Crippen MR) is 86.2 cm³/mol. The first-order chi connectivity index (χ1) is 11.5. The van der Waals surface area contributed by atoms with Gasteiger partial charge in [-0.15, -0.1) is 0 Å². The number of ether oxygens (including phenoxy) is 1. The van der Waals surface area contributed by atoms with Crippen molar-refractivity contribution in [3.05, 3.63) is 47.8 Å². The van der Waals surface area contributed by atoms with E-state index in [1.54, 1.807) is 28.9 Å². The molecule has 1 aliphatic rings. The molecule has 1 saturated heterocycles. The number of benzene rings is 1. The molecule has 2 heterocycles. The van der Waals surface area contributed by atoms with E-state index in [9.17, 15) is 14.7 Å². The summed E-state index contributed by atoms with van der Waals surface area (Å²) in [4.78, 5) is 24.0. The minimum Gasteiger partial charge on any atom is -0.480 e. The van der Waals surface area contributed by atoms with E-state index in [2.05, 4.69) is 10.4 Å². The van der Waals surface area contributed by atoms with Crippen LogP contribution in [0.25, 0.3) is 5.69 Å². The van der Waals surface area contributed by atoms with Crippen LogP contribution >= 0.6 is 0 Å². The molecule has 0 spiro atoms. The summed E-state index contributed by atoms with van der Waals surface area (Å²) in [5, 5.41) is 16.5. The normalized spacial score (nSPS) is 16.5. The van der Waals surface area contributed by atoms with Crippen LogP contribution in [0.2, 0.25) is 0 Å². The second kappa shape index (κ2) is 6.45. The minimum atomic E-state index is -1.26. The third-order valence-electron chi connectivity index (χ3n) is 4.22. The summed E-state index contributed by atoms with van der Waals surface area (Å²) in [6.07, 6.45) is 2.36. The van der Waals surface area contributed by atoms with Gasteiger partial charge in [0, 0.05) is 37.8 Å². The van der Waals surface area contributed by atoms with Gasteiger partial charge in [0.05, 0.1) is 11.4 Å². The van der Waals surface area contributed by atoms with Crippen molar-refractivity contribution in [2.45, 2.75) is 25.3 Å². The SMILES string of the molecule is Cc1ccn(-c2ccc(C(=O)NC3(C(=O)O)CCOCC3)cc2)n1. The lowest BCUT2D eigenvalue weighted by Gasteiger charge is -2.33. The smallest absolute Gasteiger partial charge is 0.329 e. The topological polar surface area (TPSA) is 93.5 Å². The van der Waals surface area contributed by atoms with Crippen LogP contribution in [-0.4, -0.2) is 45.5 Å². The van der Waals surface area contributed by atoms with E-state index in [1.807, 2.05) is 19.2 Å². The van der Waals surface area contributed by atoms with E-state index in [4.69, 9.17) is 4.74 Å². The molecule has 2 N–H and O–H groups in total. The second-order valence-corrected chi connectivity index (χ2v) is 5.90. The molecule has 0 atom stereocenters. The zero-order valence-electron chi connectivity index (χ0n) is 13.4. The predicted octanol–water partition coefficient (Wildman–Crippen LogP) is 1.54. The van der Waals surface area contributed by atoms with Gasteiger partial charge in [-0.1, -0.05) is 0 Å². The molecule has 0 saturated carbocycles. The fourth-order valence-electron chi connectivity index (χ4n) is 2.73. The number of carboxylic acids is 1. The molecule has 7 heteroatoms. The number of aromatic nitrogens is 2. The second-order valence-electron chi connectivity index (χ2n) is 5.90. The van der Waals surface area contributed by atoms with Gasteiger partial charge < -0.3 is 15.2 Å². The molecule has 126 valence electrons. The number of nitrogens with zero attached hydrogens (tertiary/aromatic N) is 2. The molecule has 3 rings (SSSR count). The lowest BCUT2D eigenvalue weighted by atomic mass is 9.89. The quantitative estimate of drug-likeness (QED) is 0.887. The summed E-state index contributed by atoms with van der Waals surface area (Å²) in [6, 6.07) is 8.77. The maximum absolute atomic E-state index is 12.4. The highest BCUT2D eigenvalue weighted by Crippen LogP contribution is 2.22. The summed E-state index contributed by atoms with van der Waals surface area (Å²) < 4.78 is 6.92. The number of hydrogen-bond donors (Lipinski definition) is 2. The van der Waals surface area contributed by atoms with E-state index in [0.717, 1.165) is 11.4 Å². The summed E-state index contributed by atoms with van der Waals surface area (Å²) in [5.74, 6) is -1.43. The number of hydrogen-bond acceptors (Lipinski definition) is 4. The number of rotatable bonds is 4. The van der Waals surface area contributed by atoms with Crippen LogP contribution in [0.5, 0.6) is 0 Å². The number of aryl methyl sites for hydroxylation is 1. The number of amides is 1. The van der Waals surface area contributed by atoms with Gasteiger partial charge in [-0.2, -0.15) is 5.10 Å². The molecule has 1 aliphatic heterocycles. The lowest BCUT2D eigenvalue weighted by molar-refractivity contribution is -0.148. The van der Waals surface area contributed by atoms with Gasteiger partial charge in [0.1, 0.15) is 5.54 Å². The number of nitrogens with one attached hydrogen (secondary N) is 1. The molecule has 1 fully saturated rings. The summed E-state index contributed by atoms with van der Waals surface area (Å²) in [7, 11) is 0. The Morgan fingerprint density at radius 1 is 1.21 bits per heavy atom. The summed E-state index contributed by atoms with van der Waals surface area (Å²) in [6.45, 7) is 2.55. The average molecular weight is 329 g/mol. The maximum Gasteiger partial charge on any atom is 0.329 e. The third-order valence-corrected chi connectivity index (χ3v) is 4.22. The Kier molecular flexibility index (Phi) is 4.35. The van der Waals surface area contributed by atoms with Crippen molar-refractivity contribution in [2.75, 3.05) is 13.2 Å². The van der Waals surface area contributed by atoms with Crippen LogP contribution in [0, 0.1) is 6.92 Å². The molecule has 1 aromatic heterocycles. The number of carbonyl (C=O) groups is 2. The van der Waals surface area contributed by atoms with Crippen LogP contribution in [0.15, 0.2) is 36.5 Å². The Morgan fingerprint density at radius 3 is 2.42 bits per heavy atom. The highest BCUT2D eigenvalue weighted by Gasteiger charge is 2.41. The van der Waals surface area contributed by atoms with E-state index in [0.29, 0.717) is 18.8 Å². The van der Waals surface area contributed by atoms with Crippen molar-refractivity contribution < 1.29 is 19.4 Å². The van der Waals surface area contributed by atoms with Crippen molar-refractivity contribution in [2.24, 2.45) is 0 Å². The Balaban J connectivity index is 1.76. The van der Waals surface area contributed by atoms with Crippen molar-refractivity contribution in [1.29, 1.82) is 0 Å². The summed E-state index contributed by atoms with van der Waals surface area (Å²) >= 11 is 0. The zero-order valence-corrected chi connectivity index (χ0v) is 13.4. The van der Waals surface area contributed by atoms with Crippen molar-refractivity contribution in [1.82, 2.24) is 15.1 Å². The molecule has 0 aliphatic carbocycles. The molecule has 0 radical (unpaired) electrons. The van der Waals surface area contributed by atoms with Gasteiger partial charge in [-0.25, -0.2) is 9.48 Å². The fourth-order valence-corrected chi connectivity index (χ4v) is 2.73. The highest BCUT2D eigenvalue weighted by atomic mass is 16.5. The van der Waals surface area contributed by atoms with Gasteiger partial charge in [-0.3, -0.25) is 4.79 Å². The molecule has 0 bridgehead atoms. The molecular formula is C17H19N3O4. The van der Waals surface area contributed by atoms with E-state index >= 15 is 0 Å². The maximum atomic E-state index is 12.4. The van der Waals surface area contributed by atoms with E-state index in [-0.39, 0.29) is 12.8 Å². The third kappa shape index (κ3) is 3.16. The molecule has 0 unspecified atom stereocenters. The Labute approximate surface area is 139 Å². The first-order valence-corrected chi connectivity index (χ1v) is 7.77. The van der Waals surface area contributed by atoms with Gasteiger partial charge in [0.15, 0.2) is 0 Å². The van der Waals surface area contributed by atoms with Crippen molar-refractivity contribution in [3.63, 3.8) is 0 Å². The van der Waals surface area contributed by atoms with Crippen molar-refractivity contribution in [3.8, 4) is 5.69 Å². The molecule has 1 aromatic carbocycles. The van der Waals surface area contributed by atoms with E-state index < -0.39 is 17.4 Å². The highest BCUT2D eigenvalue weighted by molar-refractivity contribution is 5.98.